The van der Waals surface area contributed by atoms with Gasteiger partial charge in [0.1, 0.15) is 11.5 Å². The lowest BCUT2D eigenvalue weighted by atomic mass is 10.1. The van der Waals surface area contributed by atoms with E-state index in [0.29, 0.717) is 23.9 Å². The van der Waals surface area contributed by atoms with Crippen molar-refractivity contribution < 1.29 is 13.6 Å². The number of carbonyl (C=O) groups is 1. The van der Waals surface area contributed by atoms with Crippen molar-refractivity contribution in [1.82, 2.24) is 15.2 Å². The molecule has 0 aromatic carbocycles. The number of oxazole rings is 1. The van der Waals surface area contributed by atoms with Crippen LogP contribution in [0.25, 0.3) is 10.8 Å². The molecule has 0 radical (unpaired) electrons. The van der Waals surface area contributed by atoms with Gasteiger partial charge in [0.15, 0.2) is 0 Å². The summed E-state index contributed by atoms with van der Waals surface area (Å²) in [4.78, 5) is 20.5. The molecule has 1 atom stereocenters. The Balaban J connectivity index is 1.39. The first-order chi connectivity index (χ1) is 13.7. The Bertz CT molecular complexity index is 880. The average molecular weight is 400 g/mol. The molecule has 6 nitrogen and oxygen atoms in total. The van der Waals surface area contributed by atoms with Crippen molar-refractivity contribution in [1.29, 1.82) is 0 Å². The minimum absolute atomic E-state index is 0.0531. The van der Waals surface area contributed by atoms with E-state index in [-0.39, 0.29) is 18.4 Å². The number of thiophene rings is 1. The van der Waals surface area contributed by atoms with Crippen molar-refractivity contribution >= 4 is 17.2 Å². The van der Waals surface area contributed by atoms with Gasteiger partial charge >= 0.3 is 0 Å². The summed E-state index contributed by atoms with van der Waals surface area (Å²) in [7, 11) is 0. The van der Waals surface area contributed by atoms with Crippen LogP contribution in [-0.2, 0) is 11.2 Å². The van der Waals surface area contributed by atoms with Gasteiger partial charge in [0, 0.05) is 6.54 Å². The molecule has 148 valence electrons. The molecule has 0 saturated carbocycles. The highest BCUT2D eigenvalue weighted by Gasteiger charge is 2.25. The third kappa shape index (κ3) is 4.36. The van der Waals surface area contributed by atoms with Crippen LogP contribution in [0.3, 0.4) is 0 Å². The van der Waals surface area contributed by atoms with Gasteiger partial charge < -0.3 is 14.2 Å². The lowest BCUT2D eigenvalue weighted by Crippen LogP contribution is -2.40. The summed E-state index contributed by atoms with van der Waals surface area (Å²) in [6.07, 6.45) is 5.56. The fourth-order valence-electron chi connectivity index (χ4n) is 3.64. The van der Waals surface area contributed by atoms with Gasteiger partial charge in [-0.2, -0.15) is 0 Å². The largest absolute Gasteiger partial charge is 0.468 e. The van der Waals surface area contributed by atoms with E-state index in [2.05, 4.69) is 15.2 Å². The molecule has 1 saturated heterocycles. The van der Waals surface area contributed by atoms with Crippen LogP contribution in [0.5, 0.6) is 0 Å². The number of aryl methyl sites for hydroxylation is 1. The van der Waals surface area contributed by atoms with Crippen LogP contribution in [-0.4, -0.2) is 35.4 Å². The van der Waals surface area contributed by atoms with E-state index >= 15 is 0 Å². The summed E-state index contributed by atoms with van der Waals surface area (Å²) in [5, 5.41) is 5.05. The second kappa shape index (κ2) is 8.75. The highest BCUT2D eigenvalue weighted by Crippen LogP contribution is 2.27. The van der Waals surface area contributed by atoms with Gasteiger partial charge in [-0.3, -0.25) is 9.69 Å². The van der Waals surface area contributed by atoms with Crippen molar-refractivity contribution in [3.05, 3.63) is 53.1 Å². The van der Waals surface area contributed by atoms with Crippen LogP contribution in [0.15, 0.2) is 44.7 Å². The minimum atomic E-state index is -0.0531. The highest BCUT2D eigenvalue weighted by atomic mass is 32.1. The Labute approximate surface area is 168 Å². The third-order valence-electron chi connectivity index (χ3n) is 5.15. The van der Waals surface area contributed by atoms with Crippen LogP contribution < -0.4 is 5.32 Å². The Morgan fingerprint density at radius 1 is 1.29 bits per heavy atom. The van der Waals surface area contributed by atoms with E-state index < -0.39 is 0 Å². The topological polar surface area (TPSA) is 71.5 Å². The van der Waals surface area contributed by atoms with Crippen LogP contribution >= 0.6 is 11.3 Å². The number of amides is 1. The molecule has 7 heteroatoms. The number of aromatic nitrogens is 1. The molecule has 1 N–H and O–H groups in total. The van der Waals surface area contributed by atoms with Crippen molar-refractivity contribution in [2.24, 2.45) is 0 Å². The highest BCUT2D eigenvalue weighted by molar-refractivity contribution is 7.13. The molecule has 0 bridgehead atoms. The molecule has 28 heavy (non-hydrogen) atoms. The van der Waals surface area contributed by atoms with Gasteiger partial charge in [-0.1, -0.05) is 12.5 Å². The Morgan fingerprint density at radius 2 is 2.14 bits per heavy atom. The third-order valence-corrected chi connectivity index (χ3v) is 6.01. The summed E-state index contributed by atoms with van der Waals surface area (Å²) >= 11 is 1.57. The lowest BCUT2D eigenvalue weighted by Gasteiger charge is -2.33. The lowest BCUT2D eigenvalue weighted by molar-refractivity contribution is -0.120. The summed E-state index contributed by atoms with van der Waals surface area (Å²) < 4.78 is 11.4. The number of hydrogen-bond acceptors (Lipinski definition) is 6. The van der Waals surface area contributed by atoms with E-state index in [9.17, 15) is 4.79 Å². The minimum Gasteiger partial charge on any atom is -0.468 e. The first kappa shape index (κ1) is 19.0. The number of nitrogens with one attached hydrogen (secondary N) is 1. The normalized spacial score (nSPS) is 16.2. The summed E-state index contributed by atoms with van der Waals surface area (Å²) in [5.74, 6) is 2.12. The van der Waals surface area contributed by atoms with E-state index in [0.717, 1.165) is 23.7 Å². The number of carbonyl (C=O) groups excluding carboxylic acids is 1. The fraction of sp³-hybridized carbons (Fsp3) is 0.429. The van der Waals surface area contributed by atoms with E-state index in [1.165, 1.54) is 19.3 Å². The fourth-order valence-corrected chi connectivity index (χ4v) is 4.29. The first-order valence-corrected chi connectivity index (χ1v) is 10.6. The standard InChI is InChI=1S/C21H25N3O3S/c1-15-16(23-21(27-15)19-8-6-12-28-19)13-20(25)22-14-17(18-7-5-11-26-18)24-9-3-2-4-10-24/h5-8,11-12,17H,2-4,9-10,13-14H2,1H3,(H,22,25). The van der Waals surface area contributed by atoms with Crippen molar-refractivity contribution in [2.45, 2.75) is 38.6 Å². The number of hydrogen-bond donors (Lipinski definition) is 1. The molecule has 1 aliphatic heterocycles. The quantitative estimate of drug-likeness (QED) is 0.645. The van der Waals surface area contributed by atoms with Crippen LogP contribution in [0.1, 0.15) is 42.5 Å². The molecular formula is C21H25N3O3S. The van der Waals surface area contributed by atoms with Gasteiger partial charge in [-0.15, -0.1) is 11.3 Å². The number of nitrogens with zero attached hydrogens (tertiary/aromatic N) is 2. The van der Waals surface area contributed by atoms with Gasteiger partial charge in [0.2, 0.25) is 11.8 Å². The molecule has 1 unspecified atom stereocenters. The summed E-state index contributed by atoms with van der Waals surface area (Å²) in [6, 6.07) is 7.88. The van der Waals surface area contributed by atoms with Crippen molar-refractivity contribution in [3.63, 3.8) is 0 Å². The Morgan fingerprint density at radius 3 is 2.86 bits per heavy atom. The molecular weight excluding hydrogens is 374 g/mol. The van der Waals surface area contributed by atoms with Crippen LogP contribution in [0.4, 0.5) is 0 Å². The van der Waals surface area contributed by atoms with E-state index in [1.807, 2.05) is 36.6 Å². The van der Waals surface area contributed by atoms with Crippen molar-refractivity contribution in [2.75, 3.05) is 19.6 Å². The monoisotopic (exact) mass is 399 g/mol. The Hall–Kier alpha value is -2.38. The molecule has 0 aliphatic carbocycles. The van der Waals surface area contributed by atoms with Crippen LogP contribution in [0, 0.1) is 6.92 Å². The molecule has 0 spiro atoms. The predicted octanol–water partition coefficient (Wildman–Crippen LogP) is 4.19. The van der Waals surface area contributed by atoms with Gasteiger partial charge in [-0.05, 0) is 56.4 Å². The molecule has 1 fully saturated rings. The molecule has 3 aromatic heterocycles. The average Bonchev–Trinajstić information content (AvgIpc) is 3.46. The molecule has 3 aromatic rings. The number of furan rings is 1. The zero-order valence-electron chi connectivity index (χ0n) is 16.0. The maximum Gasteiger partial charge on any atom is 0.236 e. The smallest absolute Gasteiger partial charge is 0.236 e. The maximum absolute atomic E-state index is 12.6. The summed E-state index contributed by atoms with van der Waals surface area (Å²) in [5.41, 5.74) is 0.688. The number of likely N-dealkylation sites (tertiary alicyclic amines) is 1. The zero-order valence-corrected chi connectivity index (χ0v) is 16.8. The first-order valence-electron chi connectivity index (χ1n) is 9.75. The van der Waals surface area contributed by atoms with Gasteiger partial charge in [-0.25, -0.2) is 4.98 Å². The number of rotatable bonds is 7. The number of piperidine rings is 1. The molecule has 4 rings (SSSR count). The predicted molar refractivity (Wildman–Crippen MR) is 108 cm³/mol. The van der Waals surface area contributed by atoms with Gasteiger partial charge in [0.25, 0.3) is 0 Å². The molecule has 1 aliphatic rings. The molecule has 4 heterocycles. The van der Waals surface area contributed by atoms with Gasteiger partial charge in [0.05, 0.1) is 29.3 Å². The Kier molecular flexibility index (Phi) is 5.92. The van der Waals surface area contributed by atoms with E-state index in [4.69, 9.17) is 8.83 Å². The summed E-state index contributed by atoms with van der Waals surface area (Å²) in [6.45, 7) is 4.45. The second-order valence-corrected chi connectivity index (χ2v) is 8.06. The maximum atomic E-state index is 12.6. The van der Waals surface area contributed by atoms with Crippen LogP contribution in [0.2, 0.25) is 0 Å². The van der Waals surface area contributed by atoms with Crippen molar-refractivity contribution in [3.8, 4) is 10.8 Å². The van der Waals surface area contributed by atoms with E-state index in [1.54, 1.807) is 17.6 Å². The second-order valence-electron chi connectivity index (χ2n) is 7.11. The molecule has 1 amide bonds. The SMILES string of the molecule is Cc1oc(-c2cccs2)nc1CC(=O)NCC(c1ccco1)N1CCCCC1. The zero-order chi connectivity index (χ0) is 19.3.